The molecule has 256 valence electrons. The minimum Gasteiger partial charge on any atom is -0.369 e. The average molecular weight is 696 g/mol. The van der Waals surface area contributed by atoms with Crippen LogP contribution in [0.5, 0.6) is 0 Å². The topological polar surface area (TPSA) is 119 Å². The summed E-state index contributed by atoms with van der Waals surface area (Å²) in [7, 11) is 0. The second kappa shape index (κ2) is 12.5. The molecule has 0 spiro atoms. The fourth-order valence-electron chi connectivity index (χ4n) is 7.35. The van der Waals surface area contributed by atoms with Crippen molar-refractivity contribution in [3.63, 3.8) is 0 Å². The highest BCUT2D eigenvalue weighted by atomic mass is 35.5. The zero-order valence-electron chi connectivity index (χ0n) is 26.4. The number of amides is 5. The molecule has 14 heteroatoms. The highest BCUT2D eigenvalue weighted by Gasteiger charge is 2.50. The van der Waals surface area contributed by atoms with E-state index in [4.69, 9.17) is 11.6 Å². The summed E-state index contributed by atoms with van der Waals surface area (Å²) in [6, 6.07) is 7.00. The Morgan fingerprint density at radius 3 is 2.24 bits per heavy atom. The van der Waals surface area contributed by atoms with Crippen LogP contribution in [0.25, 0.3) is 0 Å². The van der Waals surface area contributed by atoms with E-state index in [2.05, 4.69) is 32.3 Å². The van der Waals surface area contributed by atoms with Crippen LogP contribution < -0.4 is 15.5 Å². The van der Waals surface area contributed by atoms with E-state index < -0.39 is 46.9 Å². The van der Waals surface area contributed by atoms with Gasteiger partial charge in [0.1, 0.15) is 11.6 Å². The molecule has 5 aliphatic rings. The van der Waals surface area contributed by atoms with Gasteiger partial charge in [-0.2, -0.15) is 13.2 Å². The van der Waals surface area contributed by atoms with E-state index >= 15 is 0 Å². The van der Waals surface area contributed by atoms with Crippen LogP contribution in [-0.4, -0.2) is 77.1 Å². The van der Waals surface area contributed by atoms with Crippen molar-refractivity contribution in [3.8, 4) is 11.8 Å². The zero-order valence-corrected chi connectivity index (χ0v) is 27.1. The molecule has 1 atom stereocenters. The van der Waals surface area contributed by atoms with Gasteiger partial charge in [0.2, 0.25) is 17.7 Å². The number of anilines is 2. The molecule has 1 aliphatic carbocycles. The van der Waals surface area contributed by atoms with Crippen LogP contribution in [0.15, 0.2) is 36.4 Å². The predicted molar refractivity (Wildman–Crippen MR) is 173 cm³/mol. The van der Waals surface area contributed by atoms with E-state index in [0.29, 0.717) is 39.0 Å². The molecule has 4 fully saturated rings. The van der Waals surface area contributed by atoms with Crippen molar-refractivity contribution in [3.05, 3.63) is 58.1 Å². The molecule has 0 aromatic heterocycles. The number of fused-ring (bicyclic) bond motifs is 1. The van der Waals surface area contributed by atoms with Crippen molar-refractivity contribution in [2.24, 2.45) is 11.8 Å². The van der Waals surface area contributed by atoms with Gasteiger partial charge >= 0.3 is 6.18 Å². The summed E-state index contributed by atoms with van der Waals surface area (Å²) in [5.74, 6) is 4.74. The summed E-state index contributed by atoms with van der Waals surface area (Å²) in [4.78, 5) is 68.7. The highest BCUT2D eigenvalue weighted by molar-refractivity contribution is 6.34. The minimum atomic E-state index is -4.52. The highest BCUT2D eigenvalue weighted by Crippen LogP contribution is 2.42. The summed E-state index contributed by atoms with van der Waals surface area (Å²) < 4.78 is 39.1. The molecule has 4 heterocycles. The Bertz CT molecular complexity index is 1820. The number of hydrogen-bond acceptors (Lipinski definition) is 7. The van der Waals surface area contributed by atoms with Crippen molar-refractivity contribution in [2.75, 3.05) is 36.4 Å². The van der Waals surface area contributed by atoms with Gasteiger partial charge in [0.05, 0.1) is 33.3 Å². The molecule has 5 amide bonds. The maximum Gasteiger partial charge on any atom is 0.416 e. The van der Waals surface area contributed by atoms with Gasteiger partial charge in [-0.15, -0.1) is 0 Å². The molecular weight excluding hydrogens is 663 g/mol. The van der Waals surface area contributed by atoms with Gasteiger partial charge in [-0.05, 0) is 74.9 Å². The van der Waals surface area contributed by atoms with Crippen LogP contribution in [0, 0.1) is 23.7 Å². The van der Waals surface area contributed by atoms with Crippen LogP contribution in [0.4, 0.5) is 24.5 Å². The third-order valence-corrected chi connectivity index (χ3v) is 10.7. The Labute approximate surface area is 285 Å². The Morgan fingerprint density at radius 2 is 1.61 bits per heavy atom. The number of nitrogens with one attached hydrogen (secondary N) is 2. The summed E-state index contributed by atoms with van der Waals surface area (Å²) >= 11 is 6.10. The summed E-state index contributed by atoms with van der Waals surface area (Å²) in [6.45, 7) is 2.70. The second-order valence-electron chi connectivity index (χ2n) is 13.4. The second-order valence-corrected chi connectivity index (χ2v) is 13.8. The summed E-state index contributed by atoms with van der Waals surface area (Å²) in [5.41, 5.74) is -0.141. The number of rotatable bonds is 5. The first-order chi connectivity index (χ1) is 23.3. The van der Waals surface area contributed by atoms with E-state index in [1.54, 1.807) is 18.2 Å². The van der Waals surface area contributed by atoms with Gasteiger partial charge in [-0.1, -0.05) is 23.4 Å². The quantitative estimate of drug-likeness (QED) is 0.350. The Hall–Kier alpha value is -4.41. The number of nitrogens with zero attached hydrogens (tertiary/aromatic N) is 3. The lowest BCUT2D eigenvalue weighted by Gasteiger charge is -2.50. The summed E-state index contributed by atoms with van der Waals surface area (Å²) in [5, 5.41) is 4.82. The molecule has 1 unspecified atom stereocenters. The zero-order chi connectivity index (χ0) is 34.7. The molecule has 10 nitrogen and oxygen atoms in total. The number of imide groups is 2. The van der Waals surface area contributed by atoms with Gasteiger partial charge in [0.15, 0.2) is 0 Å². The van der Waals surface area contributed by atoms with E-state index in [1.165, 1.54) is 6.07 Å². The van der Waals surface area contributed by atoms with Crippen molar-refractivity contribution in [1.82, 2.24) is 15.1 Å². The molecule has 7 rings (SSSR count). The van der Waals surface area contributed by atoms with E-state index in [9.17, 15) is 37.1 Å². The van der Waals surface area contributed by atoms with Gasteiger partial charge in [-0.3, -0.25) is 39.1 Å². The number of likely N-dealkylation sites (tertiary alicyclic amines) is 1. The number of benzene rings is 2. The molecule has 0 radical (unpaired) electrons. The molecule has 2 aromatic carbocycles. The smallest absolute Gasteiger partial charge is 0.369 e. The lowest BCUT2D eigenvalue weighted by Crippen LogP contribution is -2.62. The Kier molecular flexibility index (Phi) is 8.43. The fourth-order valence-corrected chi connectivity index (χ4v) is 7.58. The van der Waals surface area contributed by atoms with E-state index in [-0.39, 0.29) is 52.4 Å². The Balaban J connectivity index is 0.915. The van der Waals surface area contributed by atoms with E-state index in [1.807, 2.05) is 0 Å². The van der Waals surface area contributed by atoms with Crippen molar-refractivity contribution in [1.29, 1.82) is 0 Å². The lowest BCUT2D eigenvalue weighted by molar-refractivity contribution is -0.138. The lowest BCUT2D eigenvalue weighted by atomic mass is 9.73. The predicted octanol–water partition coefficient (Wildman–Crippen LogP) is 4.47. The van der Waals surface area contributed by atoms with E-state index in [0.717, 1.165) is 42.0 Å². The monoisotopic (exact) mass is 695 g/mol. The van der Waals surface area contributed by atoms with Crippen molar-refractivity contribution < 1.29 is 37.1 Å². The van der Waals surface area contributed by atoms with Crippen molar-refractivity contribution >= 4 is 52.5 Å². The number of halogens is 4. The molecular formula is C35H33ClF3N5O5. The maximum absolute atomic E-state index is 13.4. The molecule has 3 saturated heterocycles. The number of piperidine rings is 2. The number of carbonyl (C=O) groups excluding carboxylic acids is 5. The van der Waals surface area contributed by atoms with Crippen molar-refractivity contribution in [2.45, 2.75) is 62.7 Å². The van der Waals surface area contributed by atoms with Gasteiger partial charge < -0.3 is 10.2 Å². The van der Waals surface area contributed by atoms with Crippen LogP contribution in [0.1, 0.15) is 71.2 Å². The average Bonchev–Trinajstić information content (AvgIpc) is 3.25. The molecule has 1 saturated carbocycles. The fraction of sp³-hybridized carbons (Fsp3) is 0.457. The third kappa shape index (κ3) is 6.06. The molecule has 2 N–H and O–H groups in total. The standard InChI is InChI=1S/C35H33ClF3N5O5/c36-26-16-22(35(37,38)39)4-7-27(26)40-33(49)34(12-1-13-34)43-14-10-20(11-15-43)2-3-21-18-42(19-21)23-5-6-24-25(17-23)32(48)44(31(24)47)28-8-9-29(45)41-30(28)46/h4-7,16-17,20-21,28H,1,8-15,18-19H2,(H,40,49)(H,41,45,46). The van der Waals surface area contributed by atoms with Crippen LogP contribution in [-0.2, 0) is 20.6 Å². The molecule has 49 heavy (non-hydrogen) atoms. The summed E-state index contributed by atoms with van der Waals surface area (Å²) in [6.07, 6.45) is -0.540. The van der Waals surface area contributed by atoms with Crippen LogP contribution in [0.2, 0.25) is 5.02 Å². The molecule has 4 aliphatic heterocycles. The first-order valence-corrected chi connectivity index (χ1v) is 16.8. The number of alkyl halides is 3. The number of hydrogen-bond donors (Lipinski definition) is 2. The molecule has 0 bridgehead atoms. The largest absolute Gasteiger partial charge is 0.416 e. The van der Waals surface area contributed by atoms with Gasteiger partial charge in [-0.25, -0.2) is 0 Å². The molecule has 2 aromatic rings. The first kappa shape index (κ1) is 33.1. The third-order valence-electron chi connectivity index (χ3n) is 10.4. The van der Waals surface area contributed by atoms with Gasteiger partial charge in [0.25, 0.3) is 11.8 Å². The SMILES string of the molecule is O=C1CCC(N2C(=O)c3ccc(N4CC(C#CC5CCN(C6(C(=O)Nc7ccc(C(F)(F)F)cc7Cl)CCC6)CC5)C4)cc3C2=O)C(=O)N1. The van der Waals surface area contributed by atoms with Crippen LogP contribution in [0.3, 0.4) is 0 Å². The van der Waals surface area contributed by atoms with Gasteiger partial charge in [0, 0.05) is 44.2 Å². The Morgan fingerprint density at radius 1 is 0.918 bits per heavy atom. The minimum absolute atomic E-state index is 0.0622. The normalized spacial score (nSPS) is 22.9. The number of carbonyl (C=O) groups is 5. The first-order valence-electron chi connectivity index (χ1n) is 16.4. The van der Waals surface area contributed by atoms with Crippen LogP contribution >= 0.6 is 11.6 Å². The maximum atomic E-state index is 13.4.